The fraction of sp³-hybridized carbons (Fsp3) is 0.583. The standard InChI is InChI=1S/C12H18N2O3S/c1-4-6-9(11(16)17-5-2)18-12-13-8(3)7-10(15)14-12/h7,9H,4-6H2,1-3H3,(H,13,14,15). The van der Waals surface area contributed by atoms with Crippen molar-refractivity contribution in [3.8, 4) is 0 Å². The van der Waals surface area contributed by atoms with Crippen LogP contribution in [0, 0.1) is 6.92 Å². The van der Waals surface area contributed by atoms with Crippen molar-refractivity contribution >= 4 is 17.7 Å². The van der Waals surface area contributed by atoms with Crippen LogP contribution in [0.5, 0.6) is 0 Å². The molecule has 0 fully saturated rings. The predicted molar refractivity (Wildman–Crippen MR) is 70.8 cm³/mol. The number of nitrogens with one attached hydrogen (secondary N) is 1. The maximum Gasteiger partial charge on any atom is 0.319 e. The van der Waals surface area contributed by atoms with E-state index in [-0.39, 0.29) is 16.8 Å². The summed E-state index contributed by atoms with van der Waals surface area (Å²) in [5, 5.41) is 0.145. The number of hydrogen-bond donors (Lipinski definition) is 1. The van der Waals surface area contributed by atoms with Gasteiger partial charge in [-0.25, -0.2) is 4.98 Å². The highest BCUT2D eigenvalue weighted by molar-refractivity contribution is 8.00. The minimum absolute atomic E-state index is 0.205. The van der Waals surface area contributed by atoms with Crippen molar-refractivity contribution in [2.75, 3.05) is 6.61 Å². The van der Waals surface area contributed by atoms with Crippen molar-refractivity contribution < 1.29 is 9.53 Å². The van der Waals surface area contributed by atoms with Gasteiger partial charge < -0.3 is 9.72 Å². The Morgan fingerprint density at radius 2 is 2.28 bits per heavy atom. The normalized spacial score (nSPS) is 12.2. The van der Waals surface area contributed by atoms with Crippen LogP contribution in [0.25, 0.3) is 0 Å². The maximum atomic E-state index is 11.7. The van der Waals surface area contributed by atoms with E-state index in [1.165, 1.54) is 17.8 Å². The van der Waals surface area contributed by atoms with E-state index < -0.39 is 0 Å². The quantitative estimate of drug-likeness (QED) is 0.485. The van der Waals surface area contributed by atoms with Crippen LogP contribution in [0.1, 0.15) is 32.4 Å². The average molecular weight is 270 g/mol. The fourth-order valence-electron chi connectivity index (χ4n) is 1.46. The van der Waals surface area contributed by atoms with Gasteiger partial charge in [0, 0.05) is 11.8 Å². The second-order valence-electron chi connectivity index (χ2n) is 3.84. The minimum Gasteiger partial charge on any atom is -0.465 e. The molecule has 1 unspecified atom stereocenters. The zero-order valence-electron chi connectivity index (χ0n) is 10.9. The summed E-state index contributed by atoms with van der Waals surface area (Å²) >= 11 is 1.25. The molecule has 0 amide bonds. The first kappa shape index (κ1) is 14.8. The van der Waals surface area contributed by atoms with Crippen molar-refractivity contribution in [3.05, 3.63) is 22.1 Å². The van der Waals surface area contributed by atoms with Crippen LogP contribution in [-0.4, -0.2) is 27.8 Å². The van der Waals surface area contributed by atoms with E-state index in [0.29, 0.717) is 23.9 Å². The number of carbonyl (C=O) groups excluding carboxylic acids is 1. The highest BCUT2D eigenvalue weighted by Crippen LogP contribution is 2.23. The number of aromatic amines is 1. The Labute approximate surface area is 110 Å². The van der Waals surface area contributed by atoms with E-state index in [1.807, 2.05) is 6.92 Å². The third-order valence-electron chi connectivity index (χ3n) is 2.20. The smallest absolute Gasteiger partial charge is 0.319 e. The number of nitrogens with zero attached hydrogens (tertiary/aromatic N) is 1. The lowest BCUT2D eigenvalue weighted by Gasteiger charge is -2.13. The van der Waals surface area contributed by atoms with Gasteiger partial charge in [-0.2, -0.15) is 0 Å². The Balaban J connectivity index is 2.82. The zero-order chi connectivity index (χ0) is 13.5. The first-order valence-corrected chi connectivity index (χ1v) is 6.86. The van der Waals surface area contributed by atoms with Crippen LogP contribution >= 0.6 is 11.8 Å². The molecule has 0 spiro atoms. The van der Waals surface area contributed by atoms with E-state index in [1.54, 1.807) is 13.8 Å². The predicted octanol–water partition coefficient (Wildman–Crippen LogP) is 1.90. The minimum atomic E-state index is -0.320. The van der Waals surface area contributed by atoms with Gasteiger partial charge in [-0.05, 0) is 20.3 Å². The molecular formula is C12H18N2O3S. The van der Waals surface area contributed by atoms with Crippen LogP contribution < -0.4 is 5.56 Å². The molecule has 1 N–H and O–H groups in total. The Hall–Kier alpha value is -1.30. The molecule has 1 atom stereocenters. The van der Waals surface area contributed by atoms with Gasteiger partial charge in [0.2, 0.25) is 0 Å². The maximum absolute atomic E-state index is 11.7. The van der Waals surface area contributed by atoms with Crippen molar-refractivity contribution in [2.45, 2.75) is 44.0 Å². The summed E-state index contributed by atoms with van der Waals surface area (Å²) < 4.78 is 5.01. The van der Waals surface area contributed by atoms with Crippen LogP contribution in [0.3, 0.4) is 0 Å². The SMILES string of the molecule is CCCC(Sc1nc(C)cc(=O)[nH]1)C(=O)OCC. The third-order valence-corrected chi connectivity index (χ3v) is 3.33. The summed E-state index contributed by atoms with van der Waals surface area (Å²) in [5.74, 6) is -0.256. The summed E-state index contributed by atoms with van der Waals surface area (Å²) in [6, 6.07) is 1.42. The first-order valence-electron chi connectivity index (χ1n) is 5.98. The van der Waals surface area contributed by atoms with Gasteiger partial charge in [-0.1, -0.05) is 25.1 Å². The molecule has 0 aliphatic carbocycles. The topological polar surface area (TPSA) is 72.0 Å². The zero-order valence-corrected chi connectivity index (χ0v) is 11.7. The van der Waals surface area contributed by atoms with Gasteiger partial charge in [-0.15, -0.1) is 0 Å². The molecule has 18 heavy (non-hydrogen) atoms. The van der Waals surface area contributed by atoms with Gasteiger partial charge >= 0.3 is 5.97 Å². The second-order valence-corrected chi connectivity index (χ2v) is 5.03. The monoisotopic (exact) mass is 270 g/mol. The largest absolute Gasteiger partial charge is 0.465 e. The fourth-order valence-corrected chi connectivity index (χ4v) is 2.61. The average Bonchev–Trinajstić information content (AvgIpc) is 2.27. The lowest BCUT2D eigenvalue weighted by Crippen LogP contribution is -2.21. The number of hydrogen-bond acceptors (Lipinski definition) is 5. The van der Waals surface area contributed by atoms with Crippen LogP contribution in [-0.2, 0) is 9.53 Å². The summed E-state index contributed by atoms with van der Waals surface area (Å²) in [4.78, 5) is 29.9. The Kier molecular flexibility index (Phi) is 5.91. The second kappa shape index (κ2) is 7.20. The van der Waals surface area contributed by atoms with Crippen LogP contribution in [0.15, 0.2) is 16.0 Å². The molecule has 1 aromatic rings. The number of aromatic nitrogens is 2. The van der Waals surface area contributed by atoms with Gasteiger partial charge in [0.05, 0.1) is 6.61 Å². The van der Waals surface area contributed by atoms with Crippen molar-refractivity contribution in [3.63, 3.8) is 0 Å². The number of H-pyrrole nitrogens is 1. The number of esters is 1. The molecule has 1 heterocycles. The third kappa shape index (κ3) is 4.52. The van der Waals surface area contributed by atoms with Gasteiger partial charge in [-0.3, -0.25) is 9.59 Å². The van der Waals surface area contributed by atoms with Crippen molar-refractivity contribution in [1.82, 2.24) is 9.97 Å². The Morgan fingerprint density at radius 3 is 2.83 bits per heavy atom. The van der Waals surface area contributed by atoms with Gasteiger partial charge in [0.1, 0.15) is 5.25 Å². The molecule has 0 radical (unpaired) electrons. The molecule has 0 saturated carbocycles. The lowest BCUT2D eigenvalue weighted by molar-refractivity contribution is -0.142. The molecule has 100 valence electrons. The van der Waals surface area contributed by atoms with Crippen LogP contribution in [0.2, 0.25) is 0 Å². The summed E-state index contributed by atoms with van der Waals surface area (Å²) in [6.07, 6.45) is 1.56. The molecule has 0 aliphatic rings. The molecular weight excluding hydrogens is 252 g/mol. The first-order chi connectivity index (χ1) is 8.56. The number of rotatable bonds is 6. The van der Waals surface area contributed by atoms with Gasteiger partial charge in [0.15, 0.2) is 5.16 Å². The number of ether oxygens (including phenoxy) is 1. The van der Waals surface area contributed by atoms with Crippen molar-refractivity contribution in [1.29, 1.82) is 0 Å². The molecule has 0 aliphatic heterocycles. The Morgan fingerprint density at radius 1 is 1.56 bits per heavy atom. The summed E-state index contributed by atoms with van der Waals surface area (Å²) in [7, 11) is 0. The highest BCUT2D eigenvalue weighted by atomic mass is 32.2. The molecule has 1 rings (SSSR count). The summed E-state index contributed by atoms with van der Waals surface area (Å²) in [6.45, 7) is 5.88. The molecule has 1 aromatic heterocycles. The van der Waals surface area contributed by atoms with E-state index in [4.69, 9.17) is 4.74 Å². The molecule has 0 bridgehead atoms. The summed E-state index contributed by atoms with van der Waals surface area (Å²) in [5.41, 5.74) is 0.435. The molecule has 5 nitrogen and oxygen atoms in total. The molecule has 0 saturated heterocycles. The Bertz CT molecular complexity index is 459. The van der Waals surface area contributed by atoms with E-state index >= 15 is 0 Å². The lowest BCUT2D eigenvalue weighted by atomic mass is 10.2. The van der Waals surface area contributed by atoms with E-state index in [2.05, 4.69) is 9.97 Å². The highest BCUT2D eigenvalue weighted by Gasteiger charge is 2.21. The number of carbonyl (C=O) groups is 1. The van der Waals surface area contributed by atoms with E-state index in [0.717, 1.165) is 6.42 Å². The van der Waals surface area contributed by atoms with E-state index in [9.17, 15) is 9.59 Å². The van der Waals surface area contributed by atoms with Gasteiger partial charge in [0.25, 0.3) is 5.56 Å². The molecule has 0 aromatic carbocycles. The number of thioether (sulfide) groups is 1. The van der Waals surface area contributed by atoms with Crippen molar-refractivity contribution in [2.24, 2.45) is 0 Å². The van der Waals surface area contributed by atoms with Crippen LogP contribution in [0.4, 0.5) is 0 Å². The molecule has 6 heteroatoms. The number of aryl methyl sites for hydroxylation is 1.